The molecule has 0 bridgehead atoms. The van der Waals surface area contributed by atoms with Crippen molar-refractivity contribution in [1.82, 2.24) is 5.32 Å². The Balaban J connectivity index is 2.21. The molecule has 3 nitrogen and oxygen atoms in total. The van der Waals surface area contributed by atoms with Crippen LogP contribution in [0.15, 0.2) is 17.5 Å². The number of thiophene rings is 1. The summed E-state index contributed by atoms with van der Waals surface area (Å²) >= 11 is 1.59. The van der Waals surface area contributed by atoms with Crippen LogP contribution < -0.4 is 5.32 Å². The molecule has 17 heavy (non-hydrogen) atoms. The molecule has 0 saturated heterocycles. The van der Waals surface area contributed by atoms with Crippen LogP contribution in [0.25, 0.3) is 0 Å². The molecule has 0 radical (unpaired) electrons. The monoisotopic (exact) mass is 255 g/mol. The maximum absolute atomic E-state index is 11.6. The van der Waals surface area contributed by atoms with Crippen molar-refractivity contribution < 1.29 is 9.90 Å². The lowest BCUT2D eigenvalue weighted by Crippen LogP contribution is -2.33. The van der Waals surface area contributed by atoms with Crippen LogP contribution >= 0.6 is 11.3 Å². The van der Waals surface area contributed by atoms with Crippen molar-refractivity contribution in [2.24, 2.45) is 5.41 Å². The largest absolute Gasteiger partial charge is 0.393 e. The molecule has 1 amide bonds. The fraction of sp³-hybridized carbons (Fsp3) is 0.615. The van der Waals surface area contributed by atoms with Gasteiger partial charge in [-0.15, -0.1) is 11.3 Å². The van der Waals surface area contributed by atoms with E-state index in [1.807, 2.05) is 38.3 Å². The third-order valence-electron chi connectivity index (χ3n) is 2.65. The molecule has 0 saturated carbocycles. The van der Waals surface area contributed by atoms with Crippen LogP contribution in [0.5, 0.6) is 0 Å². The number of nitrogens with one attached hydrogen (secondary N) is 1. The highest BCUT2D eigenvalue weighted by atomic mass is 32.1. The van der Waals surface area contributed by atoms with Crippen LogP contribution in [0.1, 0.15) is 32.1 Å². The van der Waals surface area contributed by atoms with Crippen molar-refractivity contribution in [1.29, 1.82) is 0 Å². The Bertz CT molecular complexity index is 341. The molecular formula is C13H21NO2S. The van der Waals surface area contributed by atoms with E-state index in [1.54, 1.807) is 11.3 Å². The summed E-state index contributed by atoms with van der Waals surface area (Å²) in [5.74, 6) is 0.0218. The minimum atomic E-state index is -0.385. The van der Waals surface area contributed by atoms with Crippen molar-refractivity contribution in [3.8, 4) is 0 Å². The van der Waals surface area contributed by atoms with Crippen LogP contribution in [0.3, 0.4) is 0 Å². The van der Waals surface area contributed by atoms with E-state index >= 15 is 0 Å². The first-order valence-electron chi connectivity index (χ1n) is 5.87. The predicted molar refractivity (Wildman–Crippen MR) is 71.1 cm³/mol. The van der Waals surface area contributed by atoms with Gasteiger partial charge in [-0.3, -0.25) is 4.79 Å². The van der Waals surface area contributed by atoms with Crippen LogP contribution in [-0.2, 0) is 11.2 Å². The van der Waals surface area contributed by atoms with Gasteiger partial charge in [0.05, 0.1) is 12.5 Å². The quantitative estimate of drug-likeness (QED) is 0.847. The zero-order valence-electron chi connectivity index (χ0n) is 10.7. The number of hydrogen-bond donors (Lipinski definition) is 2. The van der Waals surface area contributed by atoms with E-state index in [0.717, 1.165) is 4.88 Å². The summed E-state index contributed by atoms with van der Waals surface area (Å²) in [5, 5.41) is 14.6. The molecule has 1 aromatic heterocycles. The smallest absolute Gasteiger partial charge is 0.225 e. The molecule has 96 valence electrons. The second-order valence-electron chi connectivity index (χ2n) is 5.28. The number of hydrogen-bond acceptors (Lipinski definition) is 3. The highest BCUT2D eigenvalue weighted by Gasteiger charge is 2.21. The van der Waals surface area contributed by atoms with E-state index in [1.165, 1.54) is 0 Å². The average molecular weight is 255 g/mol. The lowest BCUT2D eigenvalue weighted by Gasteiger charge is -2.25. The van der Waals surface area contributed by atoms with Crippen LogP contribution in [0.2, 0.25) is 0 Å². The zero-order chi connectivity index (χ0) is 12.9. The second kappa shape index (κ2) is 6.17. The summed E-state index contributed by atoms with van der Waals surface area (Å²) in [4.78, 5) is 12.6. The average Bonchev–Trinajstić information content (AvgIpc) is 2.68. The summed E-state index contributed by atoms with van der Waals surface area (Å²) < 4.78 is 0. The van der Waals surface area contributed by atoms with Crippen molar-refractivity contribution in [3.05, 3.63) is 22.4 Å². The molecule has 0 aliphatic carbocycles. The summed E-state index contributed by atoms with van der Waals surface area (Å²) in [7, 11) is 0. The molecule has 1 atom stereocenters. The van der Waals surface area contributed by atoms with E-state index in [0.29, 0.717) is 19.4 Å². The van der Waals surface area contributed by atoms with Crippen molar-refractivity contribution in [3.63, 3.8) is 0 Å². The Morgan fingerprint density at radius 1 is 1.53 bits per heavy atom. The SMILES string of the molecule is CC(C)(C)[C@H](O)CCNC(=O)Cc1cccs1. The van der Waals surface area contributed by atoms with Crippen molar-refractivity contribution >= 4 is 17.2 Å². The van der Waals surface area contributed by atoms with Gasteiger partial charge < -0.3 is 10.4 Å². The fourth-order valence-electron chi connectivity index (χ4n) is 1.42. The Morgan fingerprint density at radius 2 is 2.24 bits per heavy atom. The normalized spacial score (nSPS) is 13.4. The number of aliphatic hydroxyl groups is 1. The number of aliphatic hydroxyl groups excluding tert-OH is 1. The summed E-state index contributed by atoms with van der Waals surface area (Å²) in [6.45, 7) is 6.50. The van der Waals surface area contributed by atoms with Crippen LogP contribution in [-0.4, -0.2) is 23.7 Å². The molecule has 0 spiro atoms. The van der Waals surface area contributed by atoms with Crippen molar-refractivity contribution in [2.45, 2.75) is 39.7 Å². The number of carbonyl (C=O) groups is 1. The summed E-state index contributed by atoms with van der Waals surface area (Å²) in [5.41, 5.74) is -0.127. The minimum absolute atomic E-state index is 0.0218. The Kier molecular flexibility index (Phi) is 5.15. The number of rotatable bonds is 5. The molecule has 2 N–H and O–H groups in total. The standard InChI is InChI=1S/C13H21NO2S/c1-13(2,3)11(15)6-7-14-12(16)9-10-5-4-8-17-10/h4-5,8,11,15H,6-7,9H2,1-3H3,(H,14,16)/t11-/m1/s1. The van der Waals surface area contributed by atoms with Crippen molar-refractivity contribution in [2.75, 3.05) is 6.54 Å². The van der Waals surface area contributed by atoms with E-state index in [2.05, 4.69) is 5.32 Å². The molecular weight excluding hydrogens is 234 g/mol. The first kappa shape index (κ1) is 14.2. The van der Waals surface area contributed by atoms with Crippen LogP contribution in [0, 0.1) is 5.41 Å². The van der Waals surface area contributed by atoms with E-state index in [9.17, 15) is 9.90 Å². The van der Waals surface area contributed by atoms with E-state index in [-0.39, 0.29) is 17.4 Å². The van der Waals surface area contributed by atoms with Gasteiger partial charge in [0.25, 0.3) is 0 Å². The second-order valence-corrected chi connectivity index (χ2v) is 6.31. The third kappa shape index (κ3) is 5.33. The highest BCUT2D eigenvalue weighted by Crippen LogP contribution is 2.20. The van der Waals surface area contributed by atoms with Crippen LogP contribution in [0.4, 0.5) is 0 Å². The molecule has 0 aromatic carbocycles. The first-order valence-corrected chi connectivity index (χ1v) is 6.74. The maximum atomic E-state index is 11.6. The van der Waals surface area contributed by atoms with Gasteiger partial charge in [-0.2, -0.15) is 0 Å². The molecule has 0 aliphatic rings. The van der Waals surface area contributed by atoms with Gasteiger partial charge in [-0.1, -0.05) is 26.8 Å². The number of carbonyl (C=O) groups excluding carboxylic acids is 1. The fourth-order valence-corrected chi connectivity index (χ4v) is 2.12. The predicted octanol–water partition coefficient (Wildman–Crippen LogP) is 2.20. The lowest BCUT2D eigenvalue weighted by atomic mass is 9.87. The molecule has 4 heteroatoms. The third-order valence-corrected chi connectivity index (χ3v) is 3.53. The molecule has 0 aliphatic heterocycles. The van der Waals surface area contributed by atoms with E-state index in [4.69, 9.17) is 0 Å². The Hall–Kier alpha value is -0.870. The Labute approximate surface area is 107 Å². The maximum Gasteiger partial charge on any atom is 0.225 e. The topological polar surface area (TPSA) is 49.3 Å². The molecule has 0 fully saturated rings. The minimum Gasteiger partial charge on any atom is -0.393 e. The number of amides is 1. The van der Waals surface area contributed by atoms with Gasteiger partial charge in [0.15, 0.2) is 0 Å². The van der Waals surface area contributed by atoms with Gasteiger partial charge in [-0.25, -0.2) is 0 Å². The first-order chi connectivity index (χ1) is 7.89. The van der Waals surface area contributed by atoms with Gasteiger partial charge in [0.2, 0.25) is 5.91 Å². The molecule has 1 heterocycles. The van der Waals surface area contributed by atoms with Gasteiger partial charge >= 0.3 is 0 Å². The van der Waals surface area contributed by atoms with Gasteiger partial charge in [-0.05, 0) is 23.3 Å². The molecule has 0 unspecified atom stereocenters. The van der Waals surface area contributed by atoms with Gasteiger partial charge in [0, 0.05) is 11.4 Å². The lowest BCUT2D eigenvalue weighted by molar-refractivity contribution is -0.120. The molecule has 1 aromatic rings. The highest BCUT2D eigenvalue weighted by molar-refractivity contribution is 7.10. The van der Waals surface area contributed by atoms with Gasteiger partial charge in [0.1, 0.15) is 0 Å². The summed E-state index contributed by atoms with van der Waals surface area (Å²) in [6.07, 6.45) is 0.646. The summed E-state index contributed by atoms with van der Waals surface area (Å²) in [6, 6.07) is 3.89. The van der Waals surface area contributed by atoms with E-state index < -0.39 is 0 Å². The molecule has 1 rings (SSSR count). The Morgan fingerprint density at radius 3 is 2.76 bits per heavy atom. The zero-order valence-corrected chi connectivity index (χ0v) is 11.5.